The molecule has 1 unspecified atom stereocenters. The molecule has 0 aliphatic carbocycles. The van der Waals surface area contributed by atoms with E-state index in [9.17, 15) is 9.59 Å². The molecule has 0 aliphatic heterocycles. The number of aromatic nitrogens is 2. The Hall–Kier alpha value is -1.85. The van der Waals surface area contributed by atoms with E-state index in [1.807, 2.05) is 13.8 Å². The molecule has 1 N–H and O–H groups in total. The molecule has 1 amide bonds. The van der Waals surface area contributed by atoms with Crippen LogP contribution in [0.2, 0.25) is 0 Å². The van der Waals surface area contributed by atoms with Crippen molar-refractivity contribution in [3.05, 3.63) is 18.0 Å². The molecule has 1 aromatic rings. The molecule has 0 aliphatic rings. The third-order valence-corrected chi connectivity index (χ3v) is 2.46. The van der Waals surface area contributed by atoms with Crippen LogP contribution in [-0.2, 0) is 16.6 Å². The summed E-state index contributed by atoms with van der Waals surface area (Å²) >= 11 is 0. The minimum Gasteiger partial charge on any atom is -0.467 e. The summed E-state index contributed by atoms with van der Waals surface area (Å²) in [5, 5.41) is 6.53. The van der Waals surface area contributed by atoms with Crippen LogP contribution >= 0.6 is 0 Å². The highest BCUT2D eigenvalue weighted by Crippen LogP contribution is 2.05. The maximum atomic E-state index is 11.9. The summed E-state index contributed by atoms with van der Waals surface area (Å²) < 4.78 is 6.09. The molecule has 17 heavy (non-hydrogen) atoms. The second kappa shape index (κ2) is 5.47. The van der Waals surface area contributed by atoms with E-state index in [1.165, 1.54) is 18.0 Å². The van der Waals surface area contributed by atoms with Gasteiger partial charge in [0.25, 0.3) is 5.91 Å². The normalized spacial score (nSPS) is 12.3. The monoisotopic (exact) mass is 239 g/mol. The first-order valence-corrected chi connectivity index (χ1v) is 5.34. The van der Waals surface area contributed by atoms with Crippen LogP contribution in [0.25, 0.3) is 0 Å². The number of ether oxygens (including phenoxy) is 1. The Morgan fingerprint density at radius 1 is 1.47 bits per heavy atom. The van der Waals surface area contributed by atoms with Gasteiger partial charge in [-0.1, -0.05) is 13.8 Å². The molecular formula is C11H17N3O3. The molecule has 0 aromatic carbocycles. The molecule has 1 aromatic heterocycles. The predicted molar refractivity (Wildman–Crippen MR) is 61.3 cm³/mol. The van der Waals surface area contributed by atoms with Gasteiger partial charge in [-0.3, -0.25) is 9.48 Å². The fraction of sp³-hybridized carbons (Fsp3) is 0.545. The Kier molecular flexibility index (Phi) is 4.25. The smallest absolute Gasteiger partial charge is 0.328 e. The first kappa shape index (κ1) is 13.2. The maximum absolute atomic E-state index is 11.9. The lowest BCUT2D eigenvalue weighted by Gasteiger charge is -2.19. The zero-order valence-corrected chi connectivity index (χ0v) is 10.4. The van der Waals surface area contributed by atoms with E-state index < -0.39 is 12.0 Å². The summed E-state index contributed by atoms with van der Waals surface area (Å²) in [5.74, 6) is -0.829. The molecule has 1 rings (SSSR count). The number of amides is 1. The number of hydrogen-bond acceptors (Lipinski definition) is 4. The molecule has 0 fully saturated rings. The Morgan fingerprint density at radius 2 is 2.12 bits per heavy atom. The van der Waals surface area contributed by atoms with Crippen LogP contribution in [0.5, 0.6) is 0 Å². The highest BCUT2D eigenvalue weighted by Gasteiger charge is 2.26. The van der Waals surface area contributed by atoms with Crippen molar-refractivity contribution in [3.63, 3.8) is 0 Å². The fourth-order valence-electron chi connectivity index (χ4n) is 1.44. The average molecular weight is 239 g/mol. The van der Waals surface area contributed by atoms with Crippen LogP contribution in [0.15, 0.2) is 12.3 Å². The molecular weight excluding hydrogens is 222 g/mol. The van der Waals surface area contributed by atoms with Crippen molar-refractivity contribution in [2.45, 2.75) is 19.9 Å². The van der Waals surface area contributed by atoms with Gasteiger partial charge in [-0.2, -0.15) is 5.10 Å². The van der Waals surface area contributed by atoms with Crippen LogP contribution in [-0.4, -0.2) is 34.8 Å². The lowest BCUT2D eigenvalue weighted by Crippen LogP contribution is -2.45. The summed E-state index contributed by atoms with van der Waals surface area (Å²) in [4.78, 5) is 23.4. The largest absolute Gasteiger partial charge is 0.467 e. The van der Waals surface area contributed by atoms with Crippen molar-refractivity contribution in [2.75, 3.05) is 7.11 Å². The van der Waals surface area contributed by atoms with Crippen LogP contribution in [0, 0.1) is 5.92 Å². The number of carbonyl (C=O) groups is 2. The molecule has 0 saturated heterocycles. The third kappa shape index (κ3) is 3.05. The third-order valence-electron chi connectivity index (χ3n) is 2.46. The Morgan fingerprint density at radius 3 is 2.53 bits per heavy atom. The van der Waals surface area contributed by atoms with Gasteiger partial charge in [0.2, 0.25) is 0 Å². The van der Waals surface area contributed by atoms with Gasteiger partial charge in [0.1, 0.15) is 11.7 Å². The summed E-state index contributed by atoms with van der Waals surface area (Å²) in [6, 6.07) is 0.937. The lowest BCUT2D eigenvalue weighted by molar-refractivity contribution is -0.144. The van der Waals surface area contributed by atoms with E-state index in [1.54, 1.807) is 13.1 Å². The SMILES string of the molecule is COC(=O)C(NC(=O)c1ccnn1C)C(C)C. The van der Waals surface area contributed by atoms with Crippen molar-refractivity contribution < 1.29 is 14.3 Å². The molecule has 6 nitrogen and oxygen atoms in total. The van der Waals surface area contributed by atoms with E-state index in [-0.39, 0.29) is 11.8 Å². The molecule has 94 valence electrons. The first-order chi connectivity index (χ1) is 7.97. The quantitative estimate of drug-likeness (QED) is 0.769. The fourth-order valence-corrected chi connectivity index (χ4v) is 1.44. The molecule has 6 heteroatoms. The van der Waals surface area contributed by atoms with Gasteiger partial charge in [0, 0.05) is 13.2 Å². The van der Waals surface area contributed by atoms with E-state index in [0.717, 1.165) is 0 Å². The molecule has 1 atom stereocenters. The number of nitrogens with one attached hydrogen (secondary N) is 1. The zero-order chi connectivity index (χ0) is 13.0. The van der Waals surface area contributed by atoms with Gasteiger partial charge in [0.05, 0.1) is 7.11 Å². The van der Waals surface area contributed by atoms with Gasteiger partial charge in [-0.15, -0.1) is 0 Å². The molecule has 0 saturated carbocycles. The first-order valence-electron chi connectivity index (χ1n) is 5.34. The van der Waals surface area contributed by atoms with Crippen molar-refractivity contribution in [1.29, 1.82) is 0 Å². The second-order valence-electron chi connectivity index (χ2n) is 4.06. The highest BCUT2D eigenvalue weighted by atomic mass is 16.5. The summed E-state index contributed by atoms with van der Waals surface area (Å²) in [7, 11) is 2.96. The number of aryl methyl sites for hydroxylation is 1. The minimum atomic E-state index is -0.651. The number of esters is 1. The lowest BCUT2D eigenvalue weighted by atomic mass is 10.0. The van der Waals surface area contributed by atoms with Gasteiger partial charge in [0.15, 0.2) is 0 Å². The Bertz CT molecular complexity index is 412. The standard InChI is InChI=1S/C11H17N3O3/c1-7(2)9(11(16)17-4)13-10(15)8-5-6-12-14(8)3/h5-7,9H,1-4H3,(H,13,15). The minimum absolute atomic E-state index is 0.0420. The van der Waals surface area contributed by atoms with Crippen molar-refractivity contribution >= 4 is 11.9 Å². The second-order valence-corrected chi connectivity index (χ2v) is 4.06. The number of carbonyl (C=O) groups excluding carboxylic acids is 2. The summed E-state index contributed by atoms with van der Waals surface area (Å²) in [6.07, 6.45) is 1.53. The van der Waals surface area contributed by atoms with Crippen LogP contribution in [0.4, 0.5) is 0 Å². The van der Waals surface area contributed by atoms with Gasteiger partial charge in [-0.05, 0) is 12.0 Å². The number of methoxy groups -OCH3 is 1. The molecule has 0 bridgehead atoms. The van der Waals surface area contributed by atoms with Crippen molar-refractivity contribution in [2.24, 2.45) is 13.0 Å². The zero-order valence-electron chi connectivity index (χ0n) is 10.4. The van der Waals surface area contributed by atoms with Gasteiger partial charge in [-0.25, -0.2) is 4.79 Å². The van der Waals surface area contributed by atoms with Crippen molar-refractivity contribution in [1.82, 2.24) is 15.1 Å². The number of rotatable bonds is 4. The highest BCUT2D eigenvalue weighted by molar-refractivity contribution is 5.95. The number of hydrogen-bond donors (Lipinski definition) is 1. The molecule has 0 spiro atoms. The van der Waals surface area contributed by atoms with E-state index >= 15 is 0 Å². The topological polar surface area (TPSA) is 73.2 Å². The van der Waals surface area contributed by atoms with Crippen molar-refractivity contribution in [3.8, 4) is 0 Å². The van der Waals surface area contributed by atoms with Gasteiger partial charge < -0.3 is 10.1 Å². The Balaban J connectivity index is 2.78. The van der Waals surface area contributed by atoms with E-state index in [0.29, 0.717) is 5.69 Å². The average Bonchev–Trinajstić information content (AvgIpc) is 2.70. The van der Waals surface area contributed by atoms with E-state index in [4.69, 9.17) is 0 Å². The Labute approximate surface area is 99.9 Å². The predicted octanol–water partition coefficient (Wildman–Crippen LogP) is 0.347. The molecule has 1 heterocycles. The van der Waals surface area contributed by atoms with Crippen LogP contribution in [0.3, 0.4) is 0 Å². The van der Waals surface area contributed by atoms with Gasteiger partial charge >= 0.3 is 5.97 Å². The number of nitrogens with zero attached hydrogens (tertiary/aromatic N) is 2. The van der Waals surface area contributed by atoms with Crippen LogP contribution in [0.1, 0.15) is 24.3 Å². The molecule has 0 radical (unpaired) electrons. The van der Waals surface area contributed by atoms with Crippen LogP contribution < -0.4 is 5.32 Å². The maximum Gasteiger partial charge on any atom is 0.328 e. The summed E-state index contributed by atoms with van der Waals surface area (Å²) in [6.45, 7) is 3.68. The summed E-state index contributed by atoms with van der Waals surface area (Å²) in [5.41, 5.74) is 0.402. The van der Waals surface area contributed by atoms with E-state index in [2.05, 4.69) is 15.2 Å².